The third kappa shape index (κ3) is 1.74. The number of ketones is 1. The van der Waals surface area contributed by atoms with Crippen LogP contribution in [0, 0.1) is 5.41 Å². The van der Waals surface area contributed by atoms with Crippen molar-refractivity contribution in [3.63, 3.8) is 0 Å². The van der Waals surface area contributed by atoms with Gasteiger partial charge < -0.3 is 5.11 Å². The van der Waals surface area contributed by atoms with E-state index >= 15 is 0 Å². The van der Waals surface area contributed by atoms with Crippen LogP contribution < -0.4 is 0 Å². The molecule has 0 saturated carbocycles. The van der Waals surface area contributed by atoms with Gasteiger partial charge in [-0.1, -0.05) is 54.6 Å². The van der Waals surface area contributed by atoms with Crippen LogP contribution in [0.2, 0.25) is 0 Å². The molecule has 1 aliphatic carbocycles. The quantitative estimate of drug-likeness (QED) is 0.877. The van der Waals surface area contributed by atoms with E-state index in [0.29, 0.717) is 12.2 Å². The summed E-state index contributed by atoms with van der Waals surface area (Å²) in [6.07, 6.45) is 0.0723. The highest BCUT2D eigenvalue weighted by molar-refractivity contribution is 7.99. The minimum Gasteiger partial charge on any atom is -0.391 e. The van der Waals surface area contributed by atoms with Crippen molar-refractivity contribution in [2.75, 3.05) is 5.75 Å². The molecule has 4 rings (SSSR count). The lowest BCUT2D eigenvalue weighted by atomic mass is 9.73. The largest absolute Gasteiger partial charge is 0.391 e. The minimum atomic E-state index is -0.685. The summed E-state index contributed by atoms with van der Waals surface area (Å²) in [6.45, 7) is 0. The Morgan fingerprint density at radius 3 is 2.52 bits per heavy atom. The van der Waals surface area contributed by atoms with Crippen molar-refractivity contribution >= 4 is 17.5 Å². The second kappa shape index (κ2) is 4.72. The smallest absolute Gasteiger partial charge is 0.173 e. The number of benzene rings is 2. The fourth-order valence-electron chi connectivity index (χ4n) is 3.70. The molecule has 2 aliphatic rings. The molecule has 0 unspecified atom stereocenters. The Morgan fingerprint density at radius 1 is 1.05 bits per heavy atom. The molecule has 1 heterocycles. The van der Waals surface area contributed by atoms with E-state index in [9.17, 15) is 9.90 Å². The van der Waals surface area contributed by atoms with Crippen molar-refractivity contribution in [1.82, 2.24) is 0 Å². The first kappa shape index (κ1) is 13.1. The van der Waals surface area contributed by atoms with Crippen molar-refractivity contribution < 1.29 is 9.90 Å². The maximum absolute atomic E-state index is 13.0. The van der Waals surface area contributed by atoms with Gasteiger partial charge in [0.2, 0.25) is 0 Å². The van der Waals surface area contributed by atoms with E-state index in [1.54, 1.807) is 11.8 Å². The van der Waals surface area contributed by atoms with Gasteiger partial charge in [0.25, 0.3) is 0 Å². The summed E-state index contributed by atoms with van der Waals surface area (Å²) in [4.78, 5) is 13.0. The fraction of sp³-hybridized carbons (Fsp3) is 0.278. The Bertz CT molecular complexity index is 697. The number of hydrogen-bond donors (Lipinski definition) is 1. The van der Waals surface area contributed by atoms with E-state index in [-0.39, 0.29) is 11.0 Å². The predicted octanol–water partition coefficient (Wildman–Crippen LogP) is 3.26. The second-order valence-corrected chi connectivity index (χ2v) is 6.98. The van der Waals surface area contributed by atoms with Crippen molar-refractivity contribution in [3.05, 3.63) is 71.3 Å². The fourth-order valence-corrected chi connectivity index (χ4v) is 5.37. The molecule has 2 aromatic rings. The van der Waals surface area contributed by atoms with Gasteiger partial charge in [-0.3, -0.25) is 4.79 Å². The highest BCUT2D eigenvalue weighted by atomic mass is 32.2. The lowest BCUT2D eigenvalue weighted by Crippen LogP contribution is -2.41. The summed E-state index contributed by atoms with van der Waals surface area (Å²) in [6, 6.07) is 17.9. The summed E-state index contributed by atoms with van der Waals surface area (Å²) in [7, 11) is 0. The second-order valence-electron chi connectivity index (χ2n) is 5.84. The van der Waals surface area contributed by atoms with Gasteiger partial charge in [-0.05, 0) is 17.5 Å². The third-order valence-electron chi connectivity index (χ3n) is 4.75. The molecular formula is C18H16O2S. The molecule has 3 atom stereocenters. The van der Waals surface area contributed by atoms with Gasteiger partial charge in [0, 0.05) is 16.6 Å². The number of rotatable bonds is 1. The number of thioether (sulfide) groups is 1. The summed E-state index contributed by atoms with van der Waals surface area (Å²) < 4.78 is 0. The first-order chi connectivity index (χ1) is 10.2. The van der Waals surface area contributed by atoms with Crippen LogP contribution in [0.4, 0.5) is 0 Å². The van der Waals surface area contributed by atoms with Gasteiger partial charge >= 0.3 is 0 Å². The number of aliphatic hydroxyl groups excluding tert-OH is 1. The Balaban J connectivity index is 1.84. The van der Waals surface area contributed by atoms with E-state index < -0.39 is 11.5 Å². The van der Waals surface area contributed by atoms with Crippen molar-refractivity contribution in [2.24, 2.45) is 5.41 Å². The Kier molecular flexibility index (Phi) is 2.95. The zero-order valence-electron chi connectivity index (χ0n) is 11.5. The van der Waals surface area contributed by atoms with Crippen molar-refractivity contribution in [3.8, 4) is 0 Å². The number of Topliss-reactive ketones (excluding diaryl/α,β-unsaturated/α-hetero) is 1. The molecule has 1 fully saturated rings. The lowest BCUT2D eigenvalue weighted by Gasteiger charge is -2.31. The van der Waals surface area contributed by atoms with Gasteiger partial charge in [-0.15, -0.1) is 11.8 Å². The molecule has 1 saturated heterocycles. The van der Waals surface area contributed by atoms with Crippen LogP contribution in [0.3, 0.4) is 0 Å². The molecule has 1 spiro atoms. The zero-order chi connectivity index (χ0) is 14.4. The molecule has 2 aromatic carbocycles. The number of carbonyl (C=O) groups excluding carboxylic acids is 1. The van der Waals surface area contributed by atoms with Crippen LogP contribution in [0.1, 0.15) is 26.7 Å². The normalized spacial score (nSPS) is 30.8. The maximum atomic E-state index is 13.0. The Morgan fingerprint density at radius 2 is 1.76 bits per heavy atom. The number of hydrogen-bond acceptors (Lipinski definition) is 3. The number of aliphatic hydroxyl groups is 1. The van der Waals surface area contributed by atoms with E-state index in [0.717, 1.165) is 16.7 Å². The van der Waals surface area contributed by atoms with Gasteiger partial charge in [0.05, 0.1) is 11.5 Å². The molecule has 1 aliphatic heterocycles. The molecule has 0 bridgehead atoms. The summed E-state index contributed by atoms with van der Waals surface area (Å²) in [5, 5.41) is 10.6. The van der Waals surface area contributed by atoms with Crippen LogP contribution in [0.5, 0.6) is 0 Å². The lowest BCUT2D eigenvalue weighted by molar-refractivity contribution is 0.0435. The topological polar surface area (TPSA) is 37.3 Å². The monoisotopic (exact) mass is 296 g/mol. The van der Waals surface area contributed by atoms with Gasteiger partial charge in [0.15, 0.2) is 5.78 Å². The van der Waals surface area contributed by atoms with Gasteiger partial charge in [-0.2, -0.15) is 0 Å². The van der Waals surface area contributed by atoms with Gasteiger partial charge in [-0.25, -0.2) is 0 Å². The first-order valence-electron chi connectivity index (χ1n) is 7.21. The third-order valence-corrected chi connectivity index (χ3v) is 6.29. The molecule has 0 radical (unpaired) electrons. The van der Waals surface area contributed by atoms with Crippen molar-refractivity contribution in [2.45, 2.75) is 17.8 Å². The number of carbonyl (C=O) groups is 1. The van der Waals surface area contributed by atoms with Crippen LogP contribution in [-0.4, -0.2) is 22.7 Å². The minimum absolute atomic E-state index is 0.0357. The molecule has 0 amide bonds. The molecule has 2 nitrogen and oxygen atoms in total. The highest BCUT2D eigenvalue weighted by Gasteiger charge is 2.59. The van der Waals surface area contributed by atoms with Crippen LogP contribution >= 0.6 is 11.8 Å². The average Bonchev–Trinajstić information content (AvgIpc) is 3.01. The zero-order valence-corrected chi connectivity index (χ0v) is 12.3. The number of fused-ring (bicyclic) bond motifs is 1. The summed E-state index contributed by atoms with van der Waals surface area (Å²) in [5.41, 5.74) is 2.32. The van der Waals surface area contributed by atoms with Crippen molar-refractivity contribution in [1.29, 1.82) is 0 Å². The molecule has 1 N–H and O–H groups in total. The Hall–Kier alpha value is -1.58. The summed E-state index contributed by atoms with van der Waals surface area (Å²) >= 11 is 1.70. The molecule has 106 valence electrons. The van der Waals surface area contributed by atoms with Crippen LogP contribution in [0.25, 0.3) is 0 Å². The standard InChI is InChI=1S/C18H16O2S/c19-15-11-21-17(12-6-2-1-3-7-12)18(15)10-13-8-4-5-9-14(13)16(18)20/h1-9,15,17,19H,10-11H2/t15-,17+,18+/m1/s1. The Labute approximate surface area is 128 Å². The predicted molar refractivity (Wildman–Crippen MR) is 84.6 cm³/mol. The SMILES string of the molecule is O=C1c2ccccc2C[C@]12[C@H](O)CS[C@H]2c1ccccc1. The van der Waals surface area contributed by atoms with Crippen LogP contribution in [0.15, 0.2) is 54.6 Å². The molecular weight excluding hydrogens is 280 g/mol. The molecule has 0 aromatic heterocycles. The van der Waals surface area contributed by atoms with E-state index in [1.807, 2.05) is 42.5 Å². The highest BCUT2D eigenvalue weighted by Crippen LogP contribution is 2.59. The molecule has 21 heavy (non-hydrogen) atoms. The summed E-state index contributed by atoms with van der Waals surface area (Å²) in [5.74, 6) is 0.740. The molecule has 3 heteroatoms. The van der Waals surface area contributed by atoms with E-state index in [4.69, 9.17) is 0 Å². The first-order valence-corrected chi connectivity index (χ1v) is 8.25. The van der Waals surface area contributed by atoms with Crippen LogP contribution in [-0.2, 0) is 6.42 Å². The van der Waals surface area contributed by atoms with Gasteiger partial charge in [0.1, 0.15) is 0 Å². The maximum Gasteiger partial charge on any atom is 0.173 e. The van der Waals surface area contributed by atoms with E-state index in [2.05, 4.69) is 12.1 Å². The van der Waals surface area contributed by atoms with E-state index in [1.165, 1.54) is 0 Å². The average molecular weight is 296 g/mol.